The number of Topliss-reactive ketones (excluding diaryl/α,β-unsaturated/α-hetero) is 1. The van der Waals surface area contributed by atoms with E-state index in [1.165, 1.54) is 6.92 Å². The first-order valence-corrected chi connectivity index (χ1v) is 9.81. The Morgan fingerprint density at radius 2 is 1.85 bits per heavy atom. The van der Waals surface area contributed by atoms with Crippen LogP contribution in [0.1, 0.15) is 43.7 Å². The first kappa shape index (κ1) is 21.4. The highest BCUT2D eigenvalue weighted by Gasteiger charge is 2.21. The lowest BCUT2D eigenvalue weighted by Crippen LogP contribution is -2.26. The summed E-state index contributed by atoms with van der Waals surface area (Å²) in [4.78, 5) is 24.9. The quantitative estimate of drug-likeness (QED) is 0.545. The number of rotatable bonds is 9. The van der Waals surface area contributed by atoms with Crippen molar-refractivity contribution >= 4 is 21.7 Å². The van der Waals surface area contributed by atoms with E-state index in [0.717, 1.165) is 5.56 Å². The van der Waals surface area contributed by atoms with E-state index >= 15 is 0 Å². The fourth-order valence-electron chi connectivity index (χ4n) is 2.66. The van der Waals surface area contributed by atoms with Gasteiger partial charge in [-0.3, -0.25) is 9.59 Å². The molecule has 1 heterocycles. The molecule has 6 heteroatoms. The van der Waals surface area contributed by atoms with Crippen LogP contribution in [0.25, 0.3) is 0 Å². The maximum absolute atomic E-state index is 12.6. The van der Waals surface area contributed by atoms with Crippen LogP contribution >= 0.6 is 15.9 Å². The molecule has 0 unspecified atom stereocenters. The van der Waals surface area contributed by atoms with Gasteiger partial charge in [0.25, 0.3) is 0 Å². The molecular formula is C21H26BrNO4. The number of pyridine rings is 1. The molecule has 0 bridgehead atoms. The van der Waals surface area contributed by atoms with Crippen LogP contribution in [-0.2, 0) is 17.9 Å². The average Bonchev–Trinajstić information content (AvgIpc) is 2.62. The minimum Gasteiger partial charge on any atom is -0.483 e. The van der Waals surface area contributed by atoms with Gasteiger partial charge < -0.3 is 14.0 Å². The fraction of sp³-hybridized carbons (Fsp3) is 0.429. The topological polar surface area (TPSA) is 57.5 Å². The van der Waals surface area contributed by atoms with Crippen LogP contribution in [-0.4, -0.2) is 23.1 Å². The van der Waals surface area contributed by atoms with Crippen molar-refractivity contribution in [3.8, 4) is 5.75 Å². The number of hydrogen-bond donors (Lipinski definition) is 0. The fourth-order valence-corrected chi connectivity index (χ4v) is 3.09. The van der Waals surface area contributed by atoms with Crippen LogP contribution in [0.3, 0.4) is 0 Å². The number of benzene rings is 1. The number of carbonyl (C=O) groups excluding carboxylic acids is 1. The molecule has 2 rings (SSSR count). The van der Waals surface area contributed by atoms with E-state index in [1.54, 1.807) is 10.8 Å². The second kappa shape index (κ2) is 9.85. The Labute approximate surface area is 168 Å². The van der Waals surface area contributed by atoms with Crippen molar-refractivity contribution in [1.82, 2.24) is 4.57 Å². The molecule has 1 aromatic heterocycles. The van der Waals surface area contributed by atoms with E-state index in [4.69, 9.17) is 9.47 Å². The Morgan fingerprint density at radius 1 is 1.19 bits per heavy atom. The summed E-state index contributed by atoms with van der Waals surface area (Å²) in [6.45, 7) is 8.85. The first-order valence-electron chi connectivity index (χ1n) is 9.01. The predicted octanol–water partition coefficient (Wildman–Crippen LogP) is 4.45. The molecule has 0 amide bonds. The zero-order chi connectivity index (χ0) is 20.0. The van der Waals surface area contributed by atoms with Crippen LogP contribution in [0.15, 0.2) is 45.8 Å². The van der Waals surface area contributed by atoms with Gasteiger partial charge in [0, 0.05) is 26.3 Å². The van der Waals surface area contributed by atoms with Crippen molar-refractivity contribution in [2.75, 3.05) is 6.61 Å². The molecule has 2 aromatic rings. The number of ether oxygens (including phenoxy) is 2. The van der Waals surface area contributed by atoms with Crippen molar-refractivity contribution in [2.24, 2.45) is 5.92 Å². The second-order valence-corrected chi connectivity index (χ2v) is 7.86. The van der Waals surface area contributed by atoms with E-state index in [2.05, 4.69) is 29.8 Å². The Morgan fingerprint density at radius 3 is 2.44 bits per heavy atom. The molecule has 0 spiro atoms. The van der Waals surface area contributed by atoms with Gasteiger partial charge in [-0.1, -0.05) is 44.2 Å². The monoisotopic (exact) mass is 435 g/mol. The highest BCUT2D eigenvalue weighted by molar-refractivity contribution is 9.10. The summed E-state index contributed by atoms with van der Waals surface area (Å²) in [5.41, 5.74) is 0.855. The van der Waals surface area contributed by atoms with Crippen LogP contribution in [0.5, 0.6) is 5.75 Å². The van der Waals surface area contributed by atoms with Crippen LogP contribution in [0.2, 0.25) is 0 Å². The lowest BCUT2D eigenvalue weighted by molar-refractivity contribution is 0.0364. The van der Waals surface area contributed by atoms with Gasteiger partial charge in [-0.2, -0.15) is 0 Å². The molecule has 0 saturated carbocycles. The zero-order valence-corrected chi connectivity index (χ0v) is 17.8. The lowest BCUT2D eigenvalue weighted by atomic mass is 10.2. The SMILES string of the molecule is CC(=O)c1c(OCc2ccccc2)c(=O)c(Br)cn1C[C@H](C)OCC(C)C. The van der Waals surface area contributed by atoms with E-state index in [0.29, 0.717) is 23.5 Å². The second-order valence-electron chi connectivity index (χ2n) is 7.00. The van der Waals surface area contributed by atoms with Gasteiger partial charge in [-0.05, 0) is 34.3 Å². The van der Waals surface area contributed by atoms with Crippen LogP contribution in [0, 0.1) is 5.92 Å². The van der Waals surface area contributed by atoms with Gasteiger partial charge >= 0.3 is 0 Å². The Hall–Kier alpha value is -1.92. The zero-order valence-electron chi connectivity index (χ0n) is 16.2. The number of ketones is 1. The summed E-state index contributed by atoms with van der Waals surface area (Å²) in [6.07, 6.45) is 1.52. The highest BCUT2D eigenvalue weighted by atomic mass is 79.9. The molecule has 5 nitrogen and oxygen atoms in total. The summed E-state index contributed by atoms with van der Waals surface area (Å²) >= 11 is 3.29. The Balaban J connectivity index is 2.33. The predicted molar refractivity (Wildman–Crippen MR) is 109 cm³/mol. The minimum absolute atomic E-state index is 0.0665. The van der Waals surface area contributed by atoms with E-state index < -0.39 is 0 Å². The van der Waals surface area contributed by atoms with Gasteiger partial charge in [0.2, 0.25) is 5.43 Å². The third-order valence-corrected chi connectivity index (χ3v) is 4.49. The summed E-state index contributed by atoms with van der Waals surface area (Å²) < 4.78 is 13.7. The Kier molecular flexibility index (Phi) is 7.80. The maximum atomic E-state index is 12.6. The molecule has 1 aromatic carbocycles. The molecular weight excluding hydrogens is 410 g/mol. The van der Waals surface area contributed by atoms with E-state index in [9.17, 15) is 9.59 Å². The van der Waals surface area contributed by atoms with Gasteiger partial charge in [0.15, 0.2) is 11.5 Å². The van der Waals surface area contributed by atoms with E-state index in [1.807, 2.05) is 37.3 Å². The van der Waals surface area contributed by atoms with Crippen LogP contribution < -0.4 is 10.2 Å². The summed E-state index contributed by atoms with van der Waals surface area (Å²) in [5.74, 6) is 0.265. The minimum atomic E-state index is -0.330. The van der Waals surface area contributed by atoms with E-state index in [-0.39, 0.29) is 35.4 Å². The first-order chi connectivity index (χ1) is 12.8. The van der Waals surface area contributed by atoms with Gasteiger partial charge in [0.05, 0.1) is 10.6 Å². The van der Waals surface area contributed by atoms with Gasteiger partial charge in [-0.15, -0.1) is 0 Å². The number of halogens is 1. The van der Waals surface area contributed by atoms with Crippen molar-refractivity contribution in [3.05, 3.63) is 62.5 Å². The Bertz CT molecular complexity index is 830. The molecule has 146 valence electrons. The molecule has 0 radical (unpaired) electrons. The highest BCUT2D eigenvalue weighted by Crippen LogP contribution is 2.21. The lowest BCUT2D eigenvalue weighted by Gasteiger charge is -2.21. The average molecular weight is 436 g/mol. The number of nitrogens with zero attached hydrogens (tertiary/aromatic N) is 1. The molecule has 0 aliphatic heterocycles. The van der Waals surface area contributed by atoms with Crippen molar-refractivity contribution in [2.45, 2.75) is 47.0 Å². The normalized spacial score (nSPS) is 12.2. The summed E-state index contributed by atoms with van der Waals surface area (Å²) in [6, 6.07) is 9.53. The molecule has 1 atom stereocenters. The van der Waals surface area contributed by atoms with Crippen molar-refractivity contribution in [3.63, 3.8) is 0 Å². The standard InChI is InChI=1S/C21H26BrNO4/c1-14(2)12-26-15(3)10-23-11-18(22)20(25)21(19(23)16(4)24)27-13-17-8-6-5-7-9-17/h5-9,11,14-15H,10,12-13H2,1-4H3/t15-/m0/s1. The smallest absolute Gasteiger partial charge is 0.238 e. The third-order valence-electron chi connectivity index (χ3n) is 3.92. The van der Waals surface area contributed by atoms with Crippen molar-refractivity contribution in [1.29, 1.82) is 0 Å². The number of hydrogen-bond acceptors (Lipinski definition) is 4. The molecule has 0 aliphatic carbocycles. The largest absolute Gasteiger partial charge is 0.483 e. The molecule has 0 N–H and O–H groups in total. The number of aromatic nitrogens is 1. The number of carbonyl (C=O) groups is 1. The maximum Gasteiger partial charge on any atom is 0.238 e. The summed E-state index contributed by atoms with van der Waals surface area (Å²) in [7, 11) is 0. The van der Waals surface area contributed by atoms with Gasteiger partial charge in [0.1, 0.15) is 12.3 Å². The third kappa shape index (κ3) is 6.04. The van der Waals surface area contributed by atoms with Gasteiger partial charge in [-0.25, -0.2) is 0 Å². The molecule has 0 aliphatic rings. The molecule has 0 fully saturated rings. The summed E-state index contributed by atoms with van der Waals surface area (Å²) in [5, 5.41) is 0. The molecule has 0 saturated heterocycles. The molecule has 27 heavy (non-hydrogen) atoms. The van der Waals surface area contributed by atoms with Crippen molar-refractivity contribution < 1.29 is 14.3 Å². The van der Waals surface area contributed by atoms with Crippen LogP contribution in [0.4, 0.5) is 0 Å².